The second-order valence-corrected chi connectivity index (χ2v) is 3.96. The predicted octanol–water partition coefficient (Wildman–Crippen LogP) is 2.06. The fourth-order valence-electron chi connectivity index (χ4n) is 1.94. The monoisotopic (exact) mass is 228 g/mol. The number of pyridine rings is 1. The summed E-state index contributed by atoms with van der Waals surface area (Å²) in [6.45, 7) is 2.36. The van der Waals surface area contributed by atoms with Crippen LogP contribution in [-0.2, 0) is 13.0 Å². The zero-order valence-corrected chi connectivity index (χ0v) is 9.86. The number of aromatic amines is 1. The number of rotatable bonds is 3. The number of nitrogens with two attached hydrogens (primary N) is 1. The van der Waals surface area contributed by atoms with Gasteiger partial charge in [-0.05, 0) is 29.2 Å². The Morgan fingerprint density at radius 2 is 2.12 bits per heavy atom. The van der Waals surface area contributed by atoms with Gasteiger partial charge in [-0.1, -0.05) is 31.2 Å². The standard InChI is InChI=1S/C14H16N2O/c1-2-10-4-3-5-11(8-10)12-6-7-16-14(17)13(12)9-15/h3-8H,2,9,15H2,1H3,(H,16,17). The lowest BCUT2D eigenvalue weighted by molar-refractivity contribution is 1.02. The van der Waals surface area contributed by atoms with Crippen LogP contribution in [0.4, 0.5) is 0 Å². The lowest BCUT2D eigenvalue weighted by atomic mass is 9.99. The van der Waals surface area contributed by atoms with Gasteiger partial charge in [-0.25, -0.2) is 0 Å². The highest BCUT2D eigenvalue weighted by atomic mass is 16.1. The second kappa shape index (κ2) is 4.97. The Morgan fingerprint density at radius 3 is 2.82 bits per heavy atom. The van der Waals surface area contributed by atoms with Gasteiger partial charge >= 0.3 is 0 Å². The van der Waals surface area contributed by atoms with Gasteiger partial charge in [0.2, 0.25) is 0 Å². The van der Waals surface area contributed by atoms with Crippen molar-refractivity contribution in [3.8, 4) is 11.1 Å². The van der Waals surface area contributed by atoms with E-state index in [1.54, 1.807) is 6.20 Å². The van der Waals surface area contributed by atoms with E-state index in [4.69, 9.17) is 5.73 Å². The van der Waals surface area contributed by atoms with Gasteiger partial charge in [-0.3, -0.25) is 4.79 Å². The van der Waals surface area contributed by atoms with Crippen LogP contribution in [0.1, 0.15) is 18.1 Å². The number of nitrogens with one attached hydrogen (secondary N) is 1. The Balaban J connectivity index is 2.59. The fraction of sp³-hybridized carbons (Fsp3) is 0.214. The molecule has 0 aliphatic heterocycles. The van der Waals surface area contributed by atoms with E-state index in [0.717, 1.165) is 17.5 Å². The van der Waals surface area contributed by atoms with E-state index in [0.29, 0.717) is 5.56 Å². The topological polar surface area (TPSA) is 58.9 Å². The zero-order valence-electron chi connectivity index (χ0n) is 9.86. The zero-order chi connectivity index (χ0) is 12.3. The van der Waals surface area contributed by atoms with Crippen molar-refractivity contribution in [2.45, 2.75) is 19.9 Å². The molecule has 0 amide bonds. The molecular weight excluding hydrogens is 212 g/mol. The average Bonchev–Trinajstić information content (AvgIpc) is 2.38. The van der Waals surface area contributed by atoms with Crippen LogP contribution in [0, 0.1) is 0 Å². The molecule has 0 fully saturated rings. The van der Waals surface area contributed by atoms with Crippen molar-refractivity contribution in [1.82, 2.24) is 4.98 Å². The highest BCUT2D eigenvalue weighted by molar-refractivity contribution is 5.67. The lowest BCUT2D eigenvalue weighted by Gasteiger charge is -2.08. The summed E-state index contributed by atoms with van der Waals surface area (Å²) in [7, 11) is 0. The van der Waals surface area contributed by atoms with Gasteiger partial charge in [-0.2, -0.15) is 0 Å². The first kappa shape index (κ1) is 11.6. The third-order valence-electron chi connectivity index (χ3n) is 2.91. The molecule has 0 saturated carbocycles. The van der Waals surface area contributed by atoms with E-state index < -0.39 is 0 Å². The molecule has 0 spiro atoms. The number of benzene rings is 1. The van der Waals surface area contributed by atoms with Crippen molar-refractivity contribution in [2.75, 3.05) is 0 Å². The van der Waals surface area contributed by atoms with Gasteiger partial charge in [0.05, 0.1) is 0 Å². The van der Waals surface area contributed by atoms with Gasteiger partial charge in [0.15, 0.2) is 0 Å². The van der Waals surface area contributed by atoms with Gasteiger partial charge in [0.1, 0.15) is 0 Å². The molecule has 1 heterocycles. The minimum Gasteiger partial charge on any atom is -0.329 e. The van der Waals surface area contributed by atoms with Crippen LogP contribution in [0.3, 0.4) is 0 Å². The first-order chi connectivity index (χ1) is 8.26. The molecule has 1 aromatic heterocycles. The van der Waals surface area contributed by atoms with Gasteiger partial charge in [0, 0.05) is 18.3 Å². The summed E-state index contributed by atoms with van der Waals surface area (Å²) in [6, 6.07) is 10.1. The summed E-state index contributed by atoms with van der Waals surface area (Å²) < 4.78 is 0. The maximum atomic E-state index is 11.7. The van der Waals surface area contributed by atoms with E-state index in [1.807, 2.05) is 18.2 Å². The molecule has 0 aliphatic rings. The van der Waals surface area contributed by atoms with Crippen molar-refractivity contribution in [3.63, 3.8) is 0 Å². The quantitative estimate of drug-likeness (QED) is 0.844. The molecule has 2 aromatic rings. The molecule has 0 radical (unpaired) electrons. The van der Waals surface area contributed by atoms with Gasteiger partial charge < -0.3 is 10.7 Å². The molecular formula is C14H16N2O. The van der Waals surface area contributed by atoms with E-state index in [1.165, 1.54) is 5.56 Å². The summed E-state index contributed by atoms with van der Waals surface area (Å²) in [6.07, 6.45) is 2.64. The summed E-state index contributed by atoms with van der Waals surface area (Å²) in [5, 5.41) is 0. The van der Waals surface area contributed by atoms with Crippen LogP contribution in [0.15, 0.2) is 41.3 Å². The van der Waals surface area contributed by atoms with Crippen molar-refractivity contribution in [1.29, 1.82) is 0 Å². The number of hydrogen-bond donors (Lipinski definition) is 2. The Labute approximate surface area is 100 Å². The van der Waals surface area contributed by atoms with Crippen LogP contribution in [0.5, 0.6) is 0 Å². The van der Waals surface area contributed by atoms with E-state index in [2.05, 4.69) is 24.0 Å². The van der Waals surface area contributed by atoms with E-state index in [9.17, 15) is 4.79 Å². The first-order valence-electron chi connectivity index (χ1n) is 5.76. The number of H-pyrrole nitrogens is 1. The predicted molar refractivity (Wildman–Crippen MR) is 69.8 cm³/mol. The maximum absolute atomic E-state index is 11.7. The average molecular weight is 228 g/mol. The largest absolute Gasteiger partial charge is 0.329 e. The Morgan fingerprint density at radius 1 is 1.29 bits per heavy atom. The number of hydrogen-bond acceptors (Lipinski definition) is 2. The lowest BCUT2D eigenvalue weighted by Crippen LogP contribution is -2.16. The normalized spacial score (nSPS) is 10.5. The molecule has 3 heteroatoms. The van der Waals surface area contributed by atoms with Gasteiger partial charge in [-0.15, -0.1) is 0 Å². The highest BCUT2D eigenvalue weighted by Crippen LogP contribution is 2.22. The third kappa shape index (κ3) is 2.29. The number of aryl methyl sites for hydroxylation is 1. The summed E-state index contributed by atoms with van der Waals surface area (Å²) in [5.41, 5.74) is 9.40. The third-order valence-corrected chi connectivity index (χ3v) is 2.91. The van der Waals surface area contributed by atoms with Crippen LogP contribution in [-0.4, -0.2) is 4.98 Å². The molecule has 2 rings (SSSR count). The molecule has 0 aliphatic carbocycles. The molecule has 0 unspecified atom stereocenters. The van der Waals surface area contributed by atoms with Crippen LogP contribution in [0.2, 0.25) is 0 Å². The van der Waals surface area contributed by atoms with Crippen molar-refractivity contribution in [2.24, 2.45) is 5.73 Å². The van der Waals surface area contributed by atoms with Crippen molar-refractivity contribution < 1.29 is 0 Å². The first-order valence-corrected chi connectivity index (χ1v) is 5.76. The summed E-state index contributed by atoms with van der Waals surface area (Å²) >= 11 is 0. The molecule has 88 valence electrons. The van der Waals surface area contributed by atoms with E-state index >= 15 is 0 Å². The maximum Gasteiger partial charge on any atom is 0.253 e. The Kier molecular flexibility index (Phi) is 3.40. The van der Waals surface area contributed by atoms with Crippen LogP contribution < -0.4 is 11.3 Å². The van der Waals surface area contributed by atoms with Crippen molar-refractivity contribution in [3.05, 3.63) is 58.0 Å². The van der Waals surface area contributed by atoms with Gasteiger partial charge in [0.25, 0.3) is 5.56 Å². The summed E-state index contributed by atoms with van der Waals surface area (Å²) in [4.78, 5) is 14.3. The van der Waals surface area contributed by atoms with Crippen LogP contribution in [0.25, 0.3) is 11.1 Å². The molecule has 3 N–H and O–H groups in total. The summed E-state index contributed by atoms with van der Waals surface area (Å²) in [5.74, 6) is 0. The molecule has 0 saturated heterocycles. The SMILES string of the molecule is CCc1cccc(-c2cc[nH]c(=O)c2CN)c1. The smallest absolute Gasteiger partial charge is 0.253 e. The van der Waals surface area contributed by atoms with Crippen molar-refractivity contribution >= 4 is 0 Å². The van der Waals surface area contributed by atoms with E-state index in [-0.39, 0.29) is 12.1 Å². The molecule has 3 nitrogen and oxygen atoms in total. The molecule has 17 heavy (non-hydrogen) atoms. The highest BCUT2D eigenvalue weighted by Gasteiger charge is 2.07. The Bertz CT molecular complexity index is 572. The second-order valence-electron chi connectivity index (χ2n) is 3.96. The molecule has 0 atom stereocenters. The number of aromatic nitrogens is 1. The minimum absolute atomic E-state index is 0.105. The minimum atomic E-state index is -0.105. The molecule has 0 bridgehead atoms. The fourth-order valence-corrected chi connectivity index (χ4v) is 1.94. The Hall–Kier alpha value is -1.87. The van der Waals surface area contributed by atoms with Crippen LogP contribution >= 0.6 is 0 Å². The molecule has 1 aromatic carbocycles.